The molecule has 4 nitrogen and oxygen atoms in total. The second-order valence-electron chi connectivity index (χ2n) is 6.14. The molecule has 0 aromatic heterocycles. The van der Waals surface area contributed by atoms with E-state index in [1.807, 2.05) is 31.2 Å². The molecule has 0 spiro atoms. The Kier molecular flexibility index (Phi) is 4.91. The van der Waals surface area contributed by atoms with E-state index in [1.54, 1.807) is 0 Å². The van der Waals surface area contributed by atoms with Gasteiger partial charge in [-0.15, -0.1) is 12.4 Å². The number of carbonyl (C=O) groups is 1. The van der Waals surface area contributed by atoms with Gasteiger partial charge in [-0.1, -0.05) is 24.3 Å². The van der Waals surface area contributed by atoms with E-state index in [9.17, 15) is 9.90 Å². The maximum absolute atomic E-state index is 12.5. The topological polar surface area (TPSA) is 61.4 Å². The van der Waals surface area contributed by atoms with Crippen molar-refractivity contribution in [1.82, 2.24) is 10.6 Å². The van der Waals surface area contributed by atoms with E-state index in [1.165, 1.54) is 0 Å². The molecule has 1 aliphatic heterocycles. The number of amides is 1. The third-order valence-electron chi connectivity index (χ3n) is 4.61. The second-order valence-corrected chi connectivity index (χ2v) is 6.14. The second kappa shape index (κ2) is 6.34. The first-order valence-corrected chi connectivity index (χ1v) is 7.42. The molecule has 1 aromatic carbocycles. The summed E-state index contributed by atoms with van der Waals surface area (Å²) in [5, 5.41) is 16.6. The van der Waals surface area contributed by atoms with E-state index in [0.717, 1.165) is 36.9 Å². The minimum atomic E-state index is -0.524. The van der Waals surface area contributed by atoms with Gasteiger partial charge >= 0.3 is 0 Å². The van der Waals surface area contributed by atoms with Gasteiger partial charge in [-0.2, -0.15) is 0 Å². The van der Waals surface area contributed by atoms with Crippen molar-refractivity contribution >= 4 is 18.3 Å². The molecular weight excluding hydrogens is 288 g/mol. The van der Waals surface area contributed by atoms with Crippen LogP contribution in [0.1, 0.15) is 43.4 Å². The number of benzene rings is 1. The molecule has 0 radical (unpaired) electrons. The van der Waals surface area contributed by atoms with Crippen LogP contribution < -0.4 is 10.6 Å². The maximum Gasteiger partial charge on any atom is 0.240 e. The van der Waals surface area contributed by atoms with Gasteiger partial charge in [-0.25, -0.2) is 0 Å². The van der Waals surface area contributed by atoms with Crippen molar-refractivity contribution in [3.05, 3.63) is 35.4 Å². The van der Waals surface area contributed by atoms with Gasteiger partial charge < -0.3 is 15.7 Å². The van der Waals surface area contributed by atoms with E-state index in [4.69, 9.17) is 0 Å². The minimum Gasteiger partial charge on any atom is -0.390 e. The van der Waals surface area contributed by atoms with E-state index in [-0.39, 0.29) is 24.4 Å². The zero-order valence-corrected chi connectivity index (χ0v) is 13.1. The smallest absolute Gasteiger partial charge is 0.240 e. The van der Waals surface area contributed by atoms with Gasteiger partial charge in [0.1, 0.15) is 0 Å². The third-order valence-corrected chi connectivity index (χ3v) is 4.61. The van der Waals surface area contributed by atoms with Crippen LogP contribution in [0.25, 0.3) is 0 Å². The molecule has 3 rings (SSSR count). The SMILES string of the molecule is CC1(C(=O)N[C@@H]2c3ccccc3C[C@@H]2O)CCCCN1.Cl. The van der Waals surface area contributed by atoms with E-state index in [2.05, 4.69) is 10.6 Å². The van der Waals surface area contributed by atoms with Crippen molar-refractivity contribution in [3.63, 3.8) is 0 Å². The number of hydrogen-bond acceptors (Lipinski definition) is 3. The van der Waals surface area contributed by atoms with Crippen molar-refractivity contribution in [2.24, 2.45) is 0 Å². The van der Waals surface area contributed by atoms with Gasteiger partial charge in [0, 0.05) is 6.42 Å². The fourth-order valence-corrected chi connectivity index (χ4v) is 3.30. The number of nitrogens with one attached hydrogen (secondary N) is 2. The standard InChI is InChI=1S/C16H22N2O2.ClH/c1-16(8-4-5-9-17-16)15(20)18-14-12-7-3-2-6-11(12)10-13(14)19;/h2-3,6-7,13-14,17,19H,4-5,8-10H2,1H3,(H,18,20);1H/t13-,14+,16?;/m0./s1. The Hall–Kier alpha value is -1.10. The van der Waals surface area contributed by atoms with Crippen LogP contribution in [0.3, 0.4) is 0 Å². The molecule has 1 aromatic rings. The highest BCUT2D eigenvalue weighted by Gasteiger charge is 2.38. The number of carbonyl (C=O) groups excluding carboxylic acids is 1. The van der Waals surface area contributed by atoms with Crippen LogP contribution in [0, 0.1) is 0 Å². The van der Waals surface area contributed by atoms with Crippen molar-refractivity contribution < 1.29 is 9.90 Å². The Morgan fingerprint density at radius 1 is 1.38 bits per heavy atom. The van der Waals surface area contributed by atoms with Crippen molar-refractivity contribution in [3.8, 4) is 0 Å². The fraction of sp³-hybridized carbons (Fsp3) is 0.562. The first-order valence-electron chi connectivity index (χ1n) is 7.42. The summed E-state index contributed by atoms with van der Waals surface area (Å²) in [5.74, 6) is -0.00190. The van der Waals surface area contributed by atoms with Crippen LogP contribution in [-0.4, -0.2) is 29.2 Å². The van der Waals surface area contributed by atoms with E-state index in [0.29, 0.717) is 6.42 Å². The van der Waals surface area contributed by atoms with E-state index < -0.39 is 11.6 Å². The zero-order valence-electron chi connectivity index (χ0n) is 12.3. The summed E-state index contributed by atoms with van der Waals surface area (Å²) in [6, 6.07) is 7.66. The lowest BCUT2D eigenvalue weighted by Crippen LogP contribution is -2.58. The Morgan fingerprint density at radius 3 is 2.86 bits per heavy atom. The molecule has 3 atom stereocenters. The molecular formula is C16H23ClN2O2. The van der Waals surface area contributed by atoms with Crippen molar-refractivity contribution in [2.45, 2.75) is 50.3 Å². The van der Waals surface area contributed by atoms with Gasteiger partial charge in [-0.3, -0.25) is 4.79 Å². The quantitative estimate of drug-likeness (QED) is 0.779. The van der Waals surface area contributed by atoms with Crippen LogP contribution >= 0.6 is 12.4 Å². The predicted molar refractivity (Wildman–Crippen MR) is 84.5 cm³/mol. The lowest BCUT2D eigenvalue weighted by molar-refractivity contribution is -0.129. The van der Waals surface area contributed by atoms with Gasteiger partial charge in [0.25, 0.3) is 0 Å². The summed E-state index contributed by atoms with van der Waals surface area (Å²) in [4.78, 5) is 12.5. The Balaban J connectivity index is 0.00000161. The number of piperidine rings is 1. The number of halogens is 1. The zero-order chi connectivity index (χ0) is 14.2. The number of rotatable bonds is 2. The monoisotopic (exact) mass is 310 g/mol. The largest absolute Gasteiger partial charge is 0.390 e. The number of aliphatic hydroxyl groups is 1. The van der Waals surface area contributed by atoms with Gasteiger partial charge in [0.05, 0.1) is 17.7 Å². The molecule has 0 saturated carbocycles. The highest BCUT2D eigenvalue weighted by molar-refractivity contribution is 5.86. The molecule has 2 aliphatic rings. The average Bonchev–Trinajstić information content (AvgIpc) is 2.76. The molecule has 1 fully saturated rings. The molecule has 1 heterocycles. The van der Waals surface area contributed by atoms with Crippen LogP contribution in [-0.2, 0) is 11.2 Å². The first kappa shape index (κ1) is 16.3. The summed E-state index contributed by atoms with van der Waals surface area (Å²) in [7, 11) is 0. The highest BCUT2D eigenvalue weighted by Crippen LogP contribution is 2.32. The Labute approximate surface area is 131 Å². The minimum absolute atomic E-state index is 0. The molecule has 21 heavy (non-hydrogen) atoms. The van der Waals surface area contributed by atoms with Gasteiger partial charge in [0.2, 0.25) is 5.91 Å². The highest BCUT2D eigenvalue weighted by atomic mass is 35.5. The van der Waals surface area contributed by atoms with Crippen molar-refractivity contribution in [2.75, 3.05) is 6.54 Å². The summed E-state index contributed by atoms with van der Waals surface area (Å²) in [5.41, 5.74) is 1.68. The average molecular weight is 311 g/mol. The number of hydrogen-bond donors (Lipinski definition) is 3. The number of aliphatic hydroxyl groups excluding tert-OH is 1. The predicted octanol–water partition coefficient (Wildman–Crippen LogP) is 1.71. The molecule has 1 saturated heterocycles. The summed E-state index contributed by atoms with van der Waals surface area (Å²) in [6.07, 6.45) is 3.14. The lowest BCUT2D eigenvalue weighted by atomic mass is 9.89. The van der Waals surface area contributed by atoms with Crippen LogP contribution in [0.4, 0.5) is 0 Å². The first-order chi connectivity index (χ1) is 9.60. The molecule has 0 bridgehead atoms. The Morgan fingerprint density at radius 2 is 2.14 bits per heavy atom. The van der Waals surface area contributed by atoms with E-state index >= 15 is 0 Å². The fourth-order valence-electron chi connectivity index (χ4n) is 3.30. The summed E-state index contributed by atoms with van der Waals surface area (Å²) < 4.78 is 0. The summed E-state index contributed by atoms with van der Waals surface area (Å²) in [6.45, 7) is 2.84. The molecule has 1 unspecified atom stereocenters. The van der Waals surface area contributed by atoms with Crippen LogP contribution in [0.15, 0.2) is 24.3 Å². The lowest BCUT2D eigenvalue weighted by Gasteiger charge is -2.35. The number of fused-ring (bicyclic) bond motifs is 1. The molecule has 1 aliphatic carbocycles. The third kappa shape index (κ3) is 3.07. The van der Waals surface area contributed by atoms with Gasteiger partial charge in [0.15, 0.2) is 0 Å². The molecule has 5 heteroatoms. The molecule has 3 N–H and O–H groups in total. The summed E-state index contributed by atoms with van der Waals surface area (Å²) >= 11 is 0. The molecule has 1 amide bonds. The van der Waals surface area contributed by atoms with Crippen LogP contribution in [0.5, 0.6) is 0 Å². The van der Waals surface area contributed by atoms with Gasteiger partial charge in [-0.05, 0) is 43.9 Å². The normalized spacial score (nSPS) is 31.1. The molecule has 116 valence electrons. The Bertz CT molecular complexity index is 515. The van der Waals surface area contributed by atoms with Crippen molar-refractivity contribution in [1.29, 1.82) is 0 Å². The maximum atomic E-state index is 12.5. The van der Waals surface area contributed by atoms with Crippen LogP contribution in [0.2, 0.25) is 0 Å².